The molecule has 2 N–H and O–H groups in total. The fourth-order valence-corrected chi connectivity index (χ4v) is 4.91. The molecule has 0 radical (unpaired) electrons. The van der Waals surface area contributed by atoms with Crippen molar-refractivity contribution in [3.8, 4) is 0 Å². The van der Waals surface area contributed by atoms with Crippen LogP contribution in [0.2, 0.25) is 5.02 Å². The summed E-state index contributed by atoms with van der Waals surface area (Å²) in [4.78, 5) is 32.7. The molecule has 162 valence electrons. The Balaban J connectivity index is 1.53. The first-order valence-corrected chi connectivity index (χ1v) is 11.5. The van der Waals surface area contributed by atoms with Crippen LogP contribution in [0.1, 0.15) is 26.7 Å². The number of hydrogen-bond acceptors (Lipinski definition) is 7. The van der Waals surface area contributed by atoms with Gasteiger partial charge in [0.2, 0.25) is 0 Å². The number of nitrogens with one attached hydrogen (secondary N) is 2. The van der Waals surface area contributed by atoms with Crippen LogP contribution in [0, 0.1) is 0 Å². The van der Waals surface area contributed by atoms with Crippen molar-refractivity contribution in [2.24, 2.45) is 0 Å². The topological polar surface area (TPSA) is 124 Å². The number of imide groups is 1. The Hall–Kier alpha value is -3.18. The Morgan fingerprint density at radius 3 is 2.62 bits per heavy atom. The van der Waals surface area contributed by atoms with E-state index >= 15 is 0 Å². The van der Waals surface area contributed by atoms with Gasteiger partial charge < -0.3 is 4.55 Å². The van der Waals surface area contributed by atoms with Crippen LogP contribution in [0.5, 0.6) is 0 Å². The summed E-state index contributed by atoms with van der Waals surface area (Å²) in [5.41, 5.74) is 1.84. The number of benzene rings is 2. The minimum atomic E-state index is -2.41. The molecular weight excluding hydrogens is 472 g/mol. The molecule has 0 saturated carbocycles. The van der Waals surface area contributed by atoms with Gasteiger partial charge in [0.15, 0.2) is 5.13 Å². The molecule has 0 saturated heterocycles. The summed E-state index contributed by atoms with van der Waals surface area (Å²) >= 11 is 4.71. The molecule has 2 unspecified atom stereocenters. The number of fused-ring (bicyclic) bond motifs is 1. The van der Waals surface area contributed by atoms with Gasteiger partial charge in [0.1, 0.15) is 0 Å². The van der Waals surface area contributed by atoms with E-state index in [2.05, 4.69) is 20.6 Å². The summed E-state index contributed by atoms with van der Waals surface area (Å²) < 4.78 is 24.4. The number of amides is 3. The van der Waals surface area contributed by atoms with Crippen molar-refractivity contribution in [2.75, 3.05) is 5.32 Å². The summed E-state index contributed by atoms with van der Waals surface area (Å²) in [5, 5.41) is 4.31. The molecule has 4 rings (SSSR count). The Morgan fingerprint density at radius 2 is 1.91 bits per heavy atom. The van der Waals surface area contributed by atoms with Gasteiger partial charge in [-0.3, -0.25) is 24.6 Å². The standard InChI is InChI=1S/C21H15ClN4O4S2/c22-15-6-2-1-5-14(15)19(27)25-20(28)26-21-24-16-8-7-12(10-17(16)31-21)18(32(29)30)13-4-3-9-23-11-13/h1-11,18H,(H,29,30)(H2,24,25,26,27,28)/p-1. The molecule has 0 aliphatic heterocycles. The lowest BCUT2D eigenvalue weighted by atomic mass is 10.1. The number of pyridine rings is 1. The van der Waals surface area contributed by atoms with E-state index in [-0.39, 0.29) is 15.7 Å². The zero-order valence-electron chi connectivity index (χ0n) is 16.2. The summed E-state index contributed by atoms with van der Waals surface area (Å²) in [6.07, 6.45) is 3.07. The second-order valence-electron chi connectivity index (χ2n) is 6.56. The highest BCUT2D eigenvalue weighted by Gasteiger charge is 2.18. The van der Waals surface area contributed by atoms with E-state index in [9.17, 15) is 18.4 Å². The number of thiazole rings is 1. The van der Waals surface area contributed by atoms with Crippen molar-refractivity contribution < 1.29 is 18.4 Å². The van der Waals surface area contributed by atoms with Gasteiger partial charge in [0.05, 0.1) is 26.1 Å². The largest absolute Gasteiger partial charge is 0.772 e. The average Bonchev–Trinajstić information content (AvgIpc) is 3.16. The third-order valence-corrected chi connectivity index (χ3v) is 6.65. The zero-order valence-corrected chi connectivity index (χ0v) is 18.5. The van der Waals surface area contributed by atoms with Crippen LogP contribution in [-0.2, 0) is 11.1 Å². The SMILES string of the molecule is O=C(NC(=O)c1ccccc1Cl)Nc1nc2ccc(C(c3cccnc3)S(=O)[O-])cc2s1. The number of hydrogen-bond donors (Lipinski definition) is 2. The zero-order chi connectivity index (χ0) is 22.7. The van der Waals surface area contributed by atoms with Gasteiger partial charge in [-0.2, -0.15) is 0 Å². The molecule has 0 aliphatic rings. The van der Waals surface area contributed by atoms with E-state index in [0.717, 1.165) is 11.3 Å². The highest BCUT2D eigenvalue weighted by molar-refractivity contribution is 7.79. The van der Waals surface area contributed by atoms with Crippen LogP contribution in [0.25, 0.3) is 10.2 Å². The minimum Gasteiger partial charge on any atom is -0.772 e. The Bertz CT molecular complexity index is 1330. The predicted octanol–water partition coefficient (Wildman–Crippen LogP) is 4.28. The number of nitrogens with zero attached hydrogens (tertiary/aromatic N) is 2. The number of anilines is 1. The summed E-state index contributed by atoms with van der Waals surface area (Å²) in [6, 6.07) is 14.0. The summed E-state index contributed by atoms with van der Waals surface area (Å²) in [7, 11) is 0. The lowest BCUT2D eigenvalue weighted by Gasteiger charge is -2.20. The number of urea groups is 1. The number of aromatic nitrogens is 2. The maximum Gasteiger partial charge on any atom is 0.327 e. The third-order valence-electron chi connectivity index (χ3n) is 4.46. The van der Waals surface area contributed by atoms with Crippen molar-refractivity contribution in [2.45, 2.75) is 5.25 Å². The van der Waals surface area contributed by atoms with Gasteiger partial charge >= 0.3 is 6.03 Å². The van der Waals surface area contributed by atoms with E-state index < -0.39 is 28.3 Å². The molecule has 0 spiro atoms. The second-order valence-corrected chi connectivity index (χ2v) is 8.99. The third kappa shape index (κ3) is 4.83. The summed E-state index contributed by atoms with van der Waals surface area (Å²) in [6.45, 7) is 0. The first kappa shape index (κ1) is 22.0. The van der Waals surface area contributed by atoms with E-state index in [4.69, 9.17) is 11.6 Å². The molecule has 2 atom stereocenters. The van der Waals surface area contributed by atoms with Crippen LogP contribution >= 0.6 is 22.9 Å². The number of halogens is 1. The van der Waals surface area contributed by atoms with Crippen LogP contribution in [0.15, 0.2) is 67.0 Å². The Labute approximate surface area is 194 Å². The van der Waals surface area contributed by atoms with Crippen molar-refractivity contribution in [1.82, 2.24) is 15.3 Å². The van der Waals surface area contributed by atoms with E-state index in [1.807, 2.05) is 0 Å². The van der Waals surface area contributed by atoms with Crippen LogP contribution in [0.3, 0.4) is 0 Å². The predicted molar refractivity (Wildman–Crippen MR) is 123 cm³/mol. The molecule has 2 aromatic heterocycles. The molecule has 32 heavy (non-hydrogen) atoms. The van der Waals surface area contributed by atoms with Crippen molar-refractivity contribution in [1.29, 1.82) is 0 Å². The maximum absolute atomic E-state index is 12.2. The highest BCUT2D eigenvalue weighted by atomic mass is 35.5. The molecule has 0 fully saturated rings. The monoisotopic (exact) mass is 485 g/mol. The van der Waals surface area contributed by atoms with E-state index in [0.29, 0.717) is 21.3 Å². The lowest BCUT2D eigenvalue weighted by molar-refractivity contribution is 0.0967. The molecule has 8 nitrogen and oxygen atoms in total. The molecule has 11 heteroatoms. The number of rotatable bonds is 5. The highest BCUT2D eigenvalue weighted by Crippen LogP contribution is 2.32. The van der Waals surface area contributed by atoms with Gasteiger partial charge in [-0.15, -0.1) is 0 Å². The Morgan fingerprint density at radius 1 is 1.09 bits per heavy atom. The normalized spacial score (nSPS) is 12.8. The van der Waals surface area contributed by atoms with E-state index in [1.54, 1.807) is 54.7 Å². The van der Waals surface area contributed by atoms with Crippen LogP contribution in [-0.4, -0.2) is 30.7 Å². The fourth-order valence-electron chi connectivity index (χ4n) is 3.05. The quantitative estimate of drug-likeness (QED) is 0.407. The van der Waals surface area contributed by atoms with Gasteiger partial charge in [0.25, 0.3) is 5.91 Å². The van der Waals surface area contributed by atoms with E-state index in [1.165, 1.54) is 12.3 Å². The minimum absolute atomic E-state index is 0.172. The van der Waals surface area contributed by atoms with Gasteiger partial charge in [-0.1, -0.05) is 47.2 Å². The van der Waals surface area contributed by atoms with Crippen LogP contribution in [0.4, 0.5) is 9.93 Å². The fraction of sp³-hybridized carbons (Fsp3) is 0.0476. The Kier molecular flexibility index (Phi) is 6.56. The number of carbonyl (C=O) groups is 2. The van der Waals surface area contributed by atoms with Crippen molar-refractivity contribution in [3.63, 3.8) is 0 Å². The molecule has 2 aromatic carbocycles. The van der Waals surface area contributed by atoms with Crippen molar-refractivity contribution >= 4 is 61.3 Å². The molecule has 3 amide bonds. The second kappa shape index (κ2) is 9.53. The smallest absolute Gasteiger partial charge is 0.327 e. The van der Waals surface area contributed by atoms with Gasteiger partial charge in [-0.25, -0.2) is 9.78 Å². The molecular formula is C21H14ClN4O4S2-. The molecule has 2 heterocycles. The van der Waals surface area contributed by atoms with Crippen molar-refractivity contribution in [3.05, 3.63) is 88.7 Å². The van der Waals surface area contributed by atoms with Gasteiger partial charge in [0, 0.05) is 12.4 Å². The first-order valence-electron chi connectivity index (χ1n) is 9.17. The van der Waals surface area contributed by atoms with Crippen LogP contribution < -0.4 is 10.6 Å². The van der Waals surface area contributed by atoms with Gasteiger partial charge in [-0.05, 0) is 52.5 Å². The lowest BCUT2D eigenvalue weighted by Crippen LogP contribution is -2.34. The maximum atomic E-state index is 12.2. The average molecular weight is 486 g/mol. The summed E-state index contributed by atoms with van der Waals surface area (Å²) in [5.74, 6) is -0.645. The molecule has 4 aromatic rings. The molecule has 0 aliphatic carbocycles. The molecule has 0 bridgehead atoms. The first-order chi connectivity index (χ1) is 15.4. The number of carbonyl (C=O) groups excluding carboxylic acids is 2.